The van der Waals surface area contributed by atoms with Crippen LogP contribution >= 0.6 is 11.3 Å². The van der Waals surface area contributed by atoms with Crippen LogP contribution in [0.25, 0.3) is 10.2 Å². The van der Waals surface area contributed by atoms with Crippen molar-refractivity contribution in [1.82, 2.24) is 9.88 Å². The van der Waals surface area contributed by atoms with Crippen molar-refractivity contribution in [2.45, 2.75) is 11.8 Å². The summed E-state index contributed by atoms with van der Waals surface area (Å²) in [7, 11) is 1.62. The van der Waals surface area contributed by atoms with Crippen LogP contribution in [0.2, 0.25) is 0 Å². The highest BCUT2D eigenvalue weighted by Crippen LogP contribution is 2.32. The lowest BCUT2D eigenvalue weighted by Gasteiger charge is -2.22. The maximum Gasteiger partial charge on any atom is 0.264 e. The molecule has 194 valence electrons. The molecule has 0 aliphatic heterocycles. The number of thiazole rings is 1. The first kappa shape index (κ1) is 26.6. The van der Waals surface area contributed by atoms with E-state index >= 15 is 0 Å². The number of sulfonamides is 1. The summed E-state index contributed by atoms with van der Waals surface area (Å²) in [6.45, 7) is 3.57. The molecule has 0 aliphatic carbocycles. The minimum absolute atomic E-state index is 0.110. The number of carbonyl (C=O) groups excluding carboxylic acids is 1. The summed E-state index contributed by atoms with van der Waals surface area (Å²) in [6.07, 6.45) is 0. The van der Waals surface area contributed by atoms with Crippen molar-refractivity contribution < 1.29 is 17.9 Å². The van der Waals surface area contributed by atoms with Crippen LogP contribution < -0.4 is 13.9 Å². The quantitative estimate of drug-likeness (QED) is 0.290. The molecule has 0 fully saturated rings. The molecule has 0 saturated heterocycles. The Balaban J connectivity index is 1.62. The lowest BCUT2D eigenvalue weighted by atomic mass is 10.2. The predicted molar refractivity (Wildman–Crippen MR) is 149 cm³/mol. The Hall–Kier alpha value is -3.47. The van der Waals surface area contributed by atoms with E-state index in [2.05, 4.69) is 0 Å². The van der Waals surface area contributed by atoms with Gasteiger partial charge in [-0.3, -0.25) is 14.0 Å². The van der Waals surface area contributed by atoms with E-state index in [9.17, 15) is 13.2 Å². The summed E-state index contributed by atoms with van der Waals surface area (Å²) >= 11 is 1.42. The summed E-state index contributed by atoms with van der Waals surface area (Å²) in [5.41, 5.74) is 1.73. The van der Waals surface area contributed by atoms with E-state index in [0.717, 1.165) is 16.0 Å². The number of benzene rings is 3. The maximum atomic E-state index is 13.6. The van der Waals surface area contributed by atoms with E-state index < -0.39 is 10.0 Å². The van der Waals surface area contributed by atoms with Crippen LogP contribution in [0, 0.1) is 0 Å². The molecule has 1 heterocycles. The minimum atomic E-state index is -3.77. The van der Waals surface area contributed by atoms with Gasteiger partial charge < -0.3 is 9.64 Å². The minimum Gasteiger partial charge on any atom is -0.494 e. The Labute approximate surface area is 221 Å². The highest BCUT2D eigenvalue weighted by atomic mass is 32.2. The topological polar surface area (TPSA) is 83.0 Å². The molecule has 4 aromatic rings. The van der Waals surface area contributed by atoms with Gasteiger partial charge in [0.05, 0.1) is 27.4 Å². The fourth-order valence-electron chi connectivity index (χ4n) is 3.71. The van der Waals surface area contributed by atoms with Gasteiger partial charge in [0.1, 0.15) is 5.75 Å². The van der Waals surface area contributed by atoms with Gasteiger partial charge in [0.15, 0.2) is 5.13 Å². The molecule has 0 radical (unpaired) electrons. The third-order valence-electron chi connectivity index (χ3n) is 5.79. The number of hydrogen-bond donors (Lipinski definition) is 0. The number of hydrogen-bond acceptors (Lipinski definition) is 7. The van der Waals surface area contributed by atoms with E-state index in [-0.39, 0.29) is 10.8 Å². The molecule has 37 heavy (non-hydrogen) atoms. The van der Waals surface area contributed by atoms with Gasteiger partial charge in [-0.25, -0.2) is 13.4 Å². The summed E-state index contributed by atoms with van der Waals surface area (Å²) in [6, 6.07) is 20.6. The zero-order chi connectivity index (χ0) is 26.6. The monoisotopic (exact) mass is 538 g/mol. The van der Waals surface area contributed by atoms with Crippen LogP contribution in [-0.4, -0.2) is 65.0 Å². The van der Waals surface area contributed by atoms with Crippen LogP contribution in [0.5, 0.6) is 5.75 Å². The zero-order valence-corrected chi connectivity index (χ0v) is 22.9. The van der Waals surface area contributed by atoms with Gasteiger partial charge in [0.25, 0.3) is 15.9 Å². The van der Waals surface area contributed by atoms with Crippen LogP contribution in [0.3, 0.4) is 0 Å². The molecule has 0 unspecified atom stereocenters. The number of aromatic nitrogens is 1. The highest BCUT2D eigenvalue weighted by molar-refractivity contribution is 7.92. The second-order valence-corrected chi connectivity index (χ2v) is 11.6. The maximum absolute atomic E-state index is 13.6. The molecule has 0 spiro atoms. The number of rotatable bonds is 10. The van der Waals surface area contributed by atoms with Crippen molar-refractivity contribution in [3.63, 3.8) is 0 Å². The Morgan fingerprint density at radius 2 is 1.65 bits per heavy atom. The molecule has 0 atom stereocenters. The molecule has 3 aromatic carbocycles. The number of fused-ring (bicyclic) bond motifs is 1. The standard InChI is InChI=1S/C27H30N4O4S2/c1-5-35-22-13-16-24-25(19-22)36-27(28-24)31(18-17-29(2)3)26(32)20-11-14-23(15-12-20)37(33,34)30(4)21-9-7-6-8-10-21/h6-16,19H,5,17-18H2,1-4H3. The number of para-hydroxylation sites is 1. The lowest BCUT2D eigenvalue weighted by Crippen LogP contribution is -2.36. The first-order valence-electron chi connectivity index (χ1n) is 11.8. The molecule has 0 aliphatic rings. The Bertz CT molecular complexity index is 1470. The van der Waals surface area contributed by atoms with E-state index in [1.807, 2.05) is 50.2 Å². The zero-order valence-electron chi connectivity index (χ0n) is 21.3. The molecule has 0 bridgehead atoms. The van der Waals surface area contributed by atoms with E-state index in [0.29, 0.717) is 36.1 Å². The second-order valence-electron chi connectivity index (χ2n) is 8.65. The van der Waals surface area contributed by atoms with Crippen LogP contribution in [-0.2, 0) is 10.0 Å². The van der Waals surface area contributed by atoms with Crippen LogP contribution in [0.15, 0.2) is 77.7 Å². The van der Waals surface area contributed by atoms with Crippen molar-refractivity contribution in [3.8, 4) is 5.75 Å². The number of carbonyl (C=O) groups is 1. The largest absolute Gasteiger partial charge is 0.494 e. The van der Waals surface area contributed by atoms with Gasteiger partial charge in [0, 0.05) is 25.7 Å². The molecule has 1 aromatic heterocycles. The highest BCUT2D eigenvalue weighted by Gasteiger charge is 2.24. The van der Waals surface area contributed by atoms with Gasteiger partial charge in [-0.15, -0.1) is 0 Å². The summed E-state index contributed by atoms with van der Waals surface area (Å²) in [4.78, 5) is 22.1. The summed E-state index contributed by atoms with van der Waals surface area (Å²) < 4.78 is 34.0. The first-order chi connectivity index (χ1) is 17.7. The number of likely N-dealkylation sites (N-methyl/N-ethyl adjacent to an activating group) is 1. The van der Waals surface area contributed by atoms with Gasteiger partial charge in [0.2, 0.25) is 0 Å². The van der Waals surface area contributed by atoms with E-state index in [4.69, 9.17) is 9.72 Å². The van der Waals surface area contributed by atoms with Gasteiger partial charge in [-0.1, -0.05) is 29.5 Å². The van der Waals surface area contributed by atoms with E-state index in [1.54, 1.807) is 41.3 Å². The van der Waals surface area contributed by atoms with Crippen molar-refractivity contribution in [3.05, 3.63) is 78.4 Å². The van der Waals surface area contributed by atoms with Crippen molar-refractivity contribution in [1.29, 1.82) is 0 Å². The fourth-order valence-corrected chi connectivity index (χ4v) is 5.92. The Kier molecular flexibility index (Phi) is 8.11. The summed E-state index contributed by atoms with van der Waals surface area (Å²) in [5.74, 6) is 0.514. The Morgan fingerprint density at radius 1 is 0.946 bits per heavy atom. The average Bonchev–Trinajstić information content (AvgIpc) is 3.32. The molecule has 10 heteroatoms. The van der Waals surface area contributed by atoms with Gasteiger partial charge >= 0.3 is 0 Å². The first-order valence-corrected chi connectivity index (χ1v) is 14.1. The van der Waals surface area contributed by atoms with Gasteiger partial charge in [-0.2, -0.15) is 0 Å². The smallest absolute Gasteiger partial charge is 0.264 e. The second kappa shape index (κ2) is 11.3. The fraction of sp³-hybridized carbons (Fsp3) is 0.259. The van der Waals surface area contributed by atoms with Crippen molar-refractivity contribution >= 4 is 48.3 Å². The number of anilines is 2. The summed E-state index contributed by atoms with van der Waals surface area (Å²) in [5, 5.41) is 0.580. The molecular weight excluding hydrogens is 508 g/mol. The SMILES string of the molecule is CCOc1ccc2nc(N(CCN(C)C)C(=O)c3ccc(S(=O)(=O)N(C)c4ccccc4)cc3)sc2c1. The van der Waals surface area contributed by atoms with Crippen LogP contribution in [0.1, 0.15) is 17.3 Å². The van der Waals surface area contributed by atoms with Crippen molar-refractivity contribution in [2.24, 2.45) is 0 Å². The van der Waals surface area contributed by atoms with Gasteiger partial charge in [-0.05, 0) is 75.6 Å². The molecule has 0 N–H and O–H groups in total. The molecule has 8 nitrogen and oxygen atoms in total. The molecule has 1 amide bonds. The Morgan fingerprint density at radius 3 is 2.30 bits per heavy atom. The molecular formula is C27H30N4O4S2. The lowest BCUT2D eigenvalue weighted by molar-refractivity contribution is 0.0985. The third kappa shape index (κ3) is 5.93. The normalized spacial score (nSPS) is 11.6. The number of amides is 1. The van der Waals surface area contributed by atoms with Crippen LogP contribution in [0.4, 0.5) is 10.8 Å². The predicted octanol–water partition coefficient (Wildman–Crippen LogP) is 4.73. The van der Waals surface area contributed by atoms with E-state index in [1.165, 1.54) is 34.8 Å². The third-order valence-corrected chi connectivity index (χ3v) is 8.63. The number of ether oxygens (including phenoxy) is 1. The molecule has 0 saturated carbocycles. The molecule has 4 rings (SSSR count). The van der Waals surface area contributed by atoms with Crippen molar-refractivity contribution in [2.75, 3.05) is 50.0 Å². The number of nitrogens with zero attached hydrogens (tertiary/aromatic N) is 4. The average molecular weight is 539 g/mol.